The molecule has 0 spiro atoms. The minimum Gasteiger partial charge on any atom is -0.456 e. The molecule has 0 aliphatic heterocycles. The van der Waals surface area contributed by atoms with Gasteiger partial charge < -0.3 is 13.7 Å². The van der Waals surface area contributed by atoms with E-state index in [4.69, 9.17) is 8.83 Å². The number of fused-ring (bicyclic) bond motifs is 7. The Balaban J connectivity index is 1.28. The van der Waals surface area contributed by atoms with Crippen LogP contribution in [-0.4, -0.2) is 0 Å². The second-order valence-corrected chi connectivity index (χ2v) is 11.0. The Hall–Kier alpha value is -5.80. The summed E-state index contributed by atoms with van der Waals surface area (Å²) in [6.45, 7) is 0. The van der Waals surface area contributed by atoms with Gasteiger partial charge in [-0.05, 0) is 82.6 Å². The Bertz CT molecular complexity index is 2360. The standard InChI is InChI=1S/C40H25NO2/c1-2-13-31-26(9-1)10-8-16-32(31)27-11-7-12-28(23-27)41(29-19-21-39-35(24-29)33-14-3-5-17-37(33)42-39)30-20-22-40-36(25-30)34-15-4-6-18-38(34)43-40/h1-25H. The van der Waals surface area contributed by atoms with Crippen molar-refractivity contribution in [1.82, 2.24) is 0 Å². The molecule has 0 atom stereocenters. The van der Waals surface area contributed by atoms with Gasteiger partial charge >= 0.3 is 0 Å². The quantitative estimate of drug-likeness (QED) is 0.218. The van der Waals surface area contributed by atoms with Gasteiger partial charge in [-0.1, -0.05) is 91.0 Å². The molecule has 0 amide bonds. The molecule has 9 aromatic rings. The molecule has 0 bridgehead atoms. The third-order valence-corrected chi connectivity index (χ3v) is 8.44. The molecule has 0 fully saturated rings. The van der Waals surface area contributed by atoms with Crippen LogP contribution in [0.4, 0.5) is 17.1 Å². The van der Waals surface area contributed by atoms with Crippen molar-refractivity contribution < 1.29 is 8.83 Å². The van der Waals surface area contributed by atoms with E-state index in [1.54, 1.807) is 0 Å². The van der Waals surface area contributed by atoms with Crippen LogP contribution in [0.1, 0.15) is 0 Å². The van der Waals surface area contributed by atoms with Gasteiger partial charge in [0.05, 0.1) is 0 Å². The summed E-state index contributed by atoms with van der Waals surface area (Å²) in [6, 6.07) is 53.3. The van der Waals surface area contributed by atoms with Gasteiger partial charge in [-0.3, -0.25) is 0 Å². The third-order valence-electron chi connectivity index (χ3n) is 8.44. The van der Waals surface area contributed by atoms with Gasteiger partial charge in [0.2, 0.25) is 0 Å². The predicted molar refractivity (Wildman–Crippen MR) is 179 cm³/mol. The summed E-state index contributed by atoms with van der Waals surface area (Å²) in [5.41, 5.74) is 9.12. The van der Waals surface area contributed by atoms with Crippen LogP contribution in [0.3, 0.4) is 0 Å². The van der Waals surface area contributed by atoms with Crippen molar-refractivity contribution in [2.24, 2.45) is 0 Å². The average Bonchev–Trinajstić information content (AvgIpc) is 3.63. The minimum absolute atomic E-state index is 0.880. The first kappa shape index (κ1) is 23.9. The fraction of sp³-hybridized carbons (Fsp3) is 0. The summed E-state index contributed by atoms with van der Waals surface area (Å²) in [4.78, 5) is 2.33. The topological polar surface area (TPSA) is 29.5 Å². The van der Waals surface area contributed by atoms with E-state index < -0.39 is 0 Å². The molecule has 2 aromatic heterocycles. The van der Waals surface area contributed by atoms with Crippen molar-refractivity contribution in [3.05, 3.63) is 152 Å². The summed E-state index contributed by atoms with van der Waals surface area (Å²) in [5.74, 6) is 0. The number of nitrogens with zero attached hydrogens (tertiary/aromatic N) is 1. The Kier molecular flexibility index (Phi) is 5.20. The molecule has 0 radical (unpaired) electrons. The molecular weight excluding hydrogens is 526 g/mol. The zero-order chi connectivity index (χ0) is 28.3. The lowest BCUT2D eigenvalue weighted by Crippen LogP contribution is -2.10. The van der Waals surface area contributed by atoms with E-state index in [0.29, 0.717) is 0 Å². The van der Waals surface area contributed by atoms with Gasteiger partial charge in [0.15, 0.2) is 0 Å². The molecule has 43 heavy (non-hydrogen) atoms. The average molecular weight is 552 g/mol. The molecule has 0 aliphatic rings. The van der Waals surface area contributed by atoms with Crippen molar-refractivity contribution in [3.8, 4) is 11.1 Å². The molecule has 0 N–H and O–H groups in total. The molecule has 0 saturated heterocycles. The van der Waals surface area contributed by atoms with Gasteiger partial charge in [0.25, 0.3) is 0 Å². The number of benzene rings is 7. The molecule has 3 nitrogen and oxygen atoms in total. The van der Waals surface area contributed by atoms with Gasteiger partial charge in [0, 0.05) is 38.6 Å². The fourth-order valence-electron chi connectivity index (χ4n) is 6.44. The summed E-state index contributed by atoms with van der Waals surface area (Å²) >= 11 is 0. The molecule has 2 heterocycles. The maximum absolute atomic E-state index is 6.18. The van der Waals surface area contributed by atoms with Crippen LogP contribution in [0.25, 0.3) is 65.8 Å². The first-order valence-electron chi connectivity index (χ1n) is 14.5. The van der Waals surface area contributed by atoms with E-state index >= 15 is 0 Å². The highest BCUT2D eigenvalue weighted by molar-refractivity contribution is 6.08. The monoisotopic (exact) mass is 551 g/mol. The van der Waals surface area contributed by atoms with Crippen molar-refractivity contribution >= 4 is 71.7 Å². The largest absolute Gasteiger partial charge is 0.456 e. The zero-order valence-electron chi connectivity index (χ0n) is 23.2. The molecule has 7 aromatic carbocycles. The molecule has 3 heteroatoms. The summed E-state index contributed by atoms with van der Waals surface area (Å²) in [7, 11) is 0. The minimum atomic E-state index is 0.880. The van der Waals surface area contributed by atoms with Crippen LogP contribution < -0.4 is 4.90 Å². The first-order valence-corrected chi connectivity index (χ1v) is 14.5. The Morgan fingerprint density at radius 3 is 1.53 bits per heavy atom. The lowest BCUT2D eigenvalue weighted by atomic mass is 9.97. The summed E-state index contributed by atoms with van der Waals surface area (Å²) in [6.07, 6.45) is 0. The van der Waals surface area contributed by atoms with E-state index in [1.165, 1.54) is 21.9 Å². The molecule has 0 saturated carbocycles. The fourth-order valence-corrected chi connectivity index (χ4v) is 6.44. The lowest BCUT2D eigenvalue weighted by molar-refractivity contribution is 0.668. The summed E-state index contributed by atoms with van der Waals surface area (Å²) < 4.78 is 12.4. The van der Waals surface area contributed by atoms with E-state index in [9.17, 15) is 0 Å². The molecule has 0 unspecified atom stereocenters. The molecule has 202 valence electrons. The maximum atomic E-state index is 6.18. The lowest BCUT2D eigenvalue weighted by Gasteiger charge is -2.26. The van der Waals surface area contributed by atoms with Crippen LogP contribution in [-0.2, 0) is 0 Å². The SMILES string of the molecule is c1cc(-c2cccc3ccccc23)cc(N(c2ccc3oc4ccccc4c3c2)c2ccc3oc4ccccc4c3c2)c1. The van der Waals surface area contributed by atoms with Crippen LogP contribution in [0.5, 0.6) is 0 Å². The van der Waals surface area contributed by atoms with E-state index in [0.717, 1.165) is 60.9 Å². The summed E-state index contributed by atoms with van der Waals surface area (Å²) in [5, 5.41) is 6.89. The number of anilines is 3. The Labute approximate surface area is 247 Å². The number of furan rings is 2. The van der Waals surface area contributed by atoms with Crippen molar-refractivity contribution in [2.45, 2.75) is 0 Å². The van der Waals surface area contributed by atoms with Crippen LogP contribution in [0.15, 0.2) is 160 Å². The van der Waals surface area contributed by atoms with Gasteiger partial charge in [-0.25, -0.2) is 0 Å². The molecule has 9 rings (SSSR count). The number of hydrogen-bond acceptors (Lipinski definition) is 3. The van der Waals surface area contributed by atoms with Crippen LogP contribution >= 0.6 is 0 Å². The van der Waals surface area contributed by atoms with Crippen LogP contribution in [0, 0.1) is 0 Å². The highest BCUT2D eigenvalue weighted by Crippen LogP contribution is 2.42. The number of rotatable bonds is 4. The van der Waals surface area contributed by atoms with Gasteiger partial charge in [-0.15, -0.1) is 0 Å². The first-order chi connectivity index (χ1) is 21.3. The van der Waals surface area contributed by atoms with E-state index in [1.807, 2.05) is 24.3 Å². The highest BCUT2D eigenvalue weighted by atomic mass is 16.3. The van der Waals surface area contributed by atoms with Gasteiger partial charge in [0.1, 0.15) is 22.3 Å². The normalized spacial score (nSPS) is 11.7. The maximum Gasteiger partial charge on any atom is 0.135 e. The van der Waals surface area contributed by atoms with Crippen molar-refractivity contribution in [3.63, 3.8) is 0 Å². The third kappa shape index (κ3) is 3.83. The van der Waals surface area contributed by atoms with Crippen molar-refractivity contribution in [1.29, 1.82) is 0 Å². The molecular formula is C40H25NO2. The second kappa shape index (κ2) is 9.37. The van der Waals surface area contributed by atoms with E-state index in [-0.39, 0.29) is 0 Å². The number of hydrogen-bond donors (Lipinski definition) is 0. The Morgan fingerprint density at radius 2 is 0.860 bits per heavy atom. The zero-order valence-corrected chi connectivity index (χ0v) is 23.2. The van der Waals surface area contributed by atoms with Gasteiger partial charge in [-0.2, -0.15) is 0 Å². The highest BCUT2D eigenvalue weighted by Gasteiger charge is 2.18. The second-order valence-electron chi connectivity index (χ2n) is 11.0. The van der Waals surface area contributed by atoms with Crippen LogP contribution in [0.2, 0.25) is 0 Å². The smallest absolute Gasteiger partial charge is 0.135 e. The molecule has 0 aliphatic carbocycles. The predicted octanol–water partition coefficient (Wildman–Crippen LogP) is 11.8. The Morgan fingerprint density at radius 1 is 0.349 bits per heavy atom. The number of para-hydroxylation sites is 2. The van der Waals surface area contributed by atoms with Crippen molar-refractivity contribution in [2.75, 3.05) is 4.90 Å². The van der Waals surface area contributed by atoms with E-state index in [2.05, 4.69) is 132 Å².